The third-order valence-electron chi connectivity index (χ3n) is 5.26. The molecule has 0 saturated heterocycles. The number of hydrogen-bond donors (Lipinski definition) is 1. The third kappa shape index (κ3) is 3.19. The Morgan fingerprint density at radius 2 is 1.93 bits per heavy atom. The lowest BCUT2D eigenvalue weighted by molar-refractivity contribution is -0.136. The number of carboxylic acids is 1. The van der Waals surface area contributed by atoms with Crippen molar-refractivity contribution in [1.82, 2.24) is 9.55 Å². The number of fused-ring (bicyclic) bond motifs is 2. The minimum atomic E-state index is -0.805. The molecule has 4 heteroatoms. The van der Waals surface area contributed by atoms with Gasteiger partial charge in [-0.1, -0.05) is 25.1 Å². The lowest BCUT2D eigenvalue weighted by Gasteiger charge is -2.13. The molecule has 1 N–H and O–H groups in total. The van der Waals surface area contributed by atoms with Crippen molar-refractivity contribution in [2.45, 2.75) is 32.7 Å². The van der Waals surface area contributed by atoms with E-state index >= 15 is 0 Å². The first-order chi connectivity index (χ1) is 13.1. The van der Waals surface area contributed by atoms with Crippen LogP contribution >= 0.6 is 0 Å². The number of benzene rings is 2. The first-order valence-corrected chi connectivity index (χ1v) is 9.27. The smallest absolute Gasteiger partial charge is 0.307 e. The molecule has 0 fully saturated rings. The Bertz CT molecular complexity index is 1140. The van der Waals surface area contributed by atoms with Crippen molar-refractivity contribution in [2.75, 3.05) is 0 Å². The summed E-state index contributed by atoms with van der Waals surface area (Å²) in [5.41, 5.74) is 5.11. The van der Waals surface area contributed by atoms with Crippen LogP contribution in [0, 0.1) is 0 Å². The van der Waals surface area contributed by atoms with Gasteiger partial charge in [0.25, 0.3) is 0 Å². The Morgan fingerprint density at radius 1 is 1.15 bits per heavy atom. The van der Waals surface area contributed by atoms with Crippen LogP contribution in [0.1, 0.15) is 31.9 Å². The lowest BCUT2D eigenvalue weighted by Crippen LogP contribution is -2.02. The van der Waals surface area contributed by atoms with E-state index in [-0.39, 0.29) is 6.42 Å². The minimum Gasteiger partial charge on any atom is -0.481 e. The van der Waals surface area contributed by atoms with Crippen LogP contribution < -0.4 is 0 Å². The van der Waals surface area contributed by atoms with Gasteiger partial charge in [0.05, 0.1) is 11.9 Å². The maximum absolute atomic E-state index is 11.3. The second-order valence-corrected chi connectivity index (χ2v) is 7.03. The Morgan fingerprint density at radius 3 is 2.70 bits per heavy atom. The average molecular weight is 358 g/mol. The number of aliphatic carboxylic acids is 1. The molecule has 27 heavy (non-hydrogen) atoms. The van der Waals surface area contributed by atoms with Gasteiger partial charge in [-0.25, -0.2) is 0 Å². The predicted molar refractivity (Wildman–Crippen MR) is 109 cm³/mol. The first kappa shape index (κ1) is 17.3. The zero-order valence-corrected chi connectivity index (χ0v) is 15.5. The lowest BCUT2D eigenvalue weighted by atomic mass is 10.00. The van der Waals surface area contributed by atoms with Gasteiger partial charge in [0.1, 0.15) is 0 Å². The largest absolute Gasteiger partial charge is 0.481 e. The minimum absolute atomic E-state index is 0.0328. The number of hydrogen-bond acceptors (Lipinski definition) is 2. The number of carbonyl (C=O) groups is 1. The van der Waals surface area contributed by atoms with Crippen LogP contribution in [-0.4, -0.2) is 20.6 Å². The fraction of sp³-hybridized carbons (Fsp3) is 0.217. The maximum atomic E-state index is 11.3. The number of rotatable bonds is 5. The van der Waals surface area contributed by atoms with Crippen molar-refractivity contribution in [2.24, 2.45) is 0 Å². The highest BCUT2D eigenvalue weighted by atomic mass is 16.4. The highest BCUT2D eigenvalue weighted by Gasteiger charge is 2.15. The molecular weight excluding hydrogens is 336 g/mol. The molecule has 0 bridgehead atoms. The van der Waals surface area contributed by atoms with Gasteiger partial charge in [0.15, 0.2) is 0 Å². The fourth-order valence-corrected chi connectivity index (χ4v) is 3.63. The zero-order chi connectivity index (χ0) is 19.0. The zero-order valence-electron chi connectivity index (χ0n) is 15.5. The van der Waals surface area contributed by atoms with E-state index in [1.165, 1.54) is 0 Å². The van der Waals surface area contributed by atoms with Crippen molar-refractivity contribution in [3.05, 3.63) is 66.5 Å². The van der Waals surface area contributed by atoms with Gasteiger partial charge in [-0.3, -0.25) is 9.78 Å². The molecule has 1 unspecified atom stereocenters. The normalized spacial score (nSPS) is 12.5. The summed E-state index contributed by atoms with van der Waals surface area (Å²) in [7, 11) is 0. The van der Waals surface area contributed by atoms with Crippen molar-refractivity contribution < 1.29 is 9.90 Å². The van der Waals surface area contributed by atoms with Crippen LogP contribution in [0.2, 0.25) is 0 Å². The number of carboxylic acid groups (broad SMARTS) is 1. The molecular formula is C23H22N2O2. The van der Waals surface area contributed by atoms with E-state index in [4.69, 9.17) is 0 Å². The van der Waals surface area contributed by atoms with E-state index in [9.17, 15) is 9.90 Å². The molecule has 0 saturated carbocycles. The van der Waals surface area contributed by atoms with E-state index in [1.54, 1.807) is 6.20 Å². The van der Waals surface area contributed by atoms with E-state index in [0.717, 1.165) is 44.9 Å². The van der Waals surface area contributed by atoms with E-state index < -0.39 is 5.97 Å². The molecule has 2 aromatic carbocycles. The Labute approximate surface area is 158 Å². The summed E-state index contributed by atoms with van der Waals surface area (Å²) >= 11 is 0. The number of pyridine rings is 1. The van der Waals surface area contributed by atoms with E-state index in [1.807, 2.05) is 18.3 Å². The standard InChI is InChI=1S/C23H22N2O2/c1-3-15(2)25-14-19(13-23(26)27)20-12-17(7-9-22(20)25)16-6-8-21-18(11-16)5-4-10-24-21/h4-12,14-15H,3,13H2,1-2H3,(H,26,27). The van der Waals surface area contributed by atoms with Gasteiger partial charge in [-0.15, -0.1) is 0 Å². The molecule has 136 valence electrons. The van der Waals surface area contributed by atoms with Crippen LogP contribution in [0.5, 0.6) is 0 Å². The quantitative estimate of drug-likeness (QED) is 0.516. The second kappa shape index (κ2) is 6.88. The van der Waals surface area contributed by atoms with Crippen molar-refractivity contribution in [3.63, 3.8) is 0 Å². The van der Waals surface area contributed by atoms with Gasteiger partial charge in [-0.2, -0.15) is 0 Å². The molecule has 4 aromatic rings. The summed E-state index contributed by atoms with van der Waals surface area (Å²) in [6, 6.07) is 16.9. The molecule has 0 spiro atoms. The summed E-state index contributed by atoms with van der Waals surface area (Å²) in [4.78, 5) is 15.7. The average Bonchev–Trinajstić information content (AvgIpc) is 3.04. The summed E-state index contributed by atoms with van der Waals surface area (Å²) in [6.45, 7) is 4.30. The monoisotopic (exact) mass is 358 g/mol. The summed E-state index contributed by atoms with van der Waals surface area (Å²) in [5, 5.41) is 11.4. The van der Waals surface area contributed by atoms with Crippen LogP contribution in [0.3, 0.4) is 0 Å². The van der Waals surface area contributed by atoms with Gasteiger partial charge in [0.2, 0.25) is 0 Å². The topological polar surface area (TPSA) is 55.1 Å². The molecule has 0 amide bonds. The highest BCUT2D eigenvalue weighted by molar-refractivity contribution is 5.92. The van der Waals surface area contributed by atoms with Gasteiger partial charge in [-0.05, 0) is 60.4 Å². The molecule has 2 heterocycles. The van der Waals surface area contributed by atoms with Gasteiger partial charge >= 0.3 is 5.97 Å². The maximum Gasteiger partial charge on any atom is 0.307 e. The van der Waals surface area contributed by atoms with E-state index in [0.29, 0.717) is 6.04 Å². The molecule has 0 radical (unpaired) electrons. The Balaban J connectivity index is 1.87. The number of aromatic nitrogens is 2. The SMILES string of the molecule is CCC(C)n1cc(CC(=O)O)c2cc(-c3ccc4ncccc4c3)ccc21. The predicted octanol–water partition coefficient (Wildman–Crippen LogP) is 5.45. The van der Waals surface area contributed by atoms with Crippen molar-refractivity contribution in [3.8, 4) is 11.1 Å². The second-order valence-electron chi connectivity index (χ2n) is 7.03. The van der Waals surface area contributed by atoms with E-state index in [2.05, 4.69) is 59.8 Å². The van der Waals surface area contributed by atoms with Crippen molar-refractivity contribution >= 4 is 27.8 Å². The fourth-order valence-electron chi connectivity index (χ4n) is 3.63. The van der Waals surface area contributed by atoms with Crippen LogP contribution in [-0.2, 0) is 11.2 Å². The molecule has 0 aliphatic carbocycles. The summed E-state index contributed by atoms with van der Waals surface area (Å²) in [5.74, 6) is -0.805. The molecule has 4 nitrogen and oxygen atoms in total. The third-order valence-corrected chi connectivity index (χ3v) is 5.26. The molecule has 2 aromatic heterocycles. The van der Waals surface area contributed by atoms with Crippen LogP contribution in [0.15, 0.2) is 60.9 Å². The molecule has 0 aliphatic heterocycles. The first-order valence-electron chi connectivity index (χ1n) is 9.27. The highest BCUT2D eigenvalue weighted by Crippen LogP contribution is 2.32. The molecule has 1 atom stereocenters. The van der Waals surface area contributed by atoms with Gasteiger partial charge < -0.3 is 9.67 Å². The summed E-state index contributed by atoms with van der Waals surface area (Å²) < 4.78 is 2.20. The Hall–Kier alpha value is -3.14. The molecule has 4 rings (SSSR count). The summed E-state index contributed by atoms with van der Waals surface area (Å²) in [6.07, 6.45) is 4.83. The van der Waals surface area contributed by atoms with Gasteiger partial charge in [0, 0.05) is 34.7 Å². The number of nitrogens with zero attached hydrogens (tertiary/aromatic N) is 2. The van der Waals surface area contributed by atoms with Crippen molar-refractivity contribution in [1.29, 1.82) is 0 Å². The van der Waals surface area contributed by atoms with Crippen LogP contribution in [0.4, 0.5) is 0 Å². The van der Waals surface area contributed by atoms with Crippen LogP contribution in [0.25, 0.3) is 32.9 Å². The Kier molecular flexibility index (Phi) is 4.40. The molecule has 0 aliphatic rings.